The number of carbonyl (C=O) groups excluding carboxylic acids is 2. The van der Waals surface area contributed by atoms with Crippen molar-refractivity contribution >= 4 is 23.3 Å². The Bertz CT molecular complexity index is 859. The summed E-state index contributed by atoms with van der Waals surface area (Å²) in [5, 5.41) is 3.12. The number of benzene rings is 1. The van der Waals surface area contributed by atoms with Crippen LogP contribution in [0.3, 0.4) is 0 Å². The number of rotatable bonds is 9. The highest BCUT2D eigenvalue weighted by molar-refractivity contribution is 7.11. The molecule has 1 aliphatic carbocycles. The largest absolute Gasteiger partial charge is 0.335 e. The molecule has 1 fully saturated rings. The van der Waals surface area contributed by atoms with Crippen molar-refractivity contribution in [2.24, 2.45) is 0 Å². The summed E-state index contributed by atoms with van der Waals surface area (Å²) < 4.78 is 0. The number of carbonyl (C=O) groups is 2. The molecular weight excluding hydrogens is 406 g/mol. The van der Waals surface area contributed by atoms with Crippen molar-refractivity contribution in [2.45, 2.75) is 58.2 Å². The van der Waals surface area contributed by atoms with Crippen LogP contribution in [0.1, 0.15) is 47.4 Å². The highest BCUT2D eigenvalue weighted by atomic mass is 32.1. The van der Waals surface area contributed by atoms with Crippen molar-refractivity contribution in [3.63, 3.8) is 0 Å². The molecular formula is C25H33N3O2S. The molecule has 3 rings (SSSR count). The van der Waals surface area contributed by atoms with E-state index < -0.39 is 0 Å². The minimum atomic E-state index is -0.174. The highest BCUT2D eigenvalue weighted by Gasteiger charge is 2.24. The average molecular weight is 440 g/mol. The molecule has 1 aromatic heterocycles. The fourth-order valence-electron chi connectivity index (χ4n) is 3.95. The van der Waals surface area contributed by atoms with Gasteiger partial charge in [0.1, 0.15) is 6.54 Å². The van der Waals surface area contributed by atoms with Gasteiger partial charge >= 0.3 is 6.03 Å². The topological polar surface area (TPSA) is 52.7 Å². The Labute approximate surface area is 189 Å². The number of amides is 3. The first-order valence-corrected chi connectivity index (χ1v) is 11.9. The molecule has 5 nitrogen and oxygen atoms in total. The predicted octanol–water partition coefficient (Wildman–Crippen LogP) is 5.12. The Morgan fingerprint density at radius 3 is 2.45 bits per heavy atom. The van der Waals surface area contributed by atoms with Gasteiger partial charge in [-0.25, -0.2) is 4.79 Å². The Morgan fingerprint density at radius 2 is 1.81 bits per heavy atom. The maximum Gasteiger partial charge on any atom is 0.318 e. The van der Waals surface area contributed by atoms with Gasteiger partial charge in [-0.1, -0.05) is 55.7 Å². The molecule has 1 aliphatic rings. The van der Waals surface area contributed by atoms with E-state index in [0.29, 0.717) is 19.6 Å². The number of nitrogens with one attached hydrogen (secondary N) is 1. The van der Waals surface area contributed by atoms with Crippen molar-refractivity contribution in [3.8, 4) is 0 Å². The second-order valence-corrected chi connectivity index (χ2v) is 9.57. The summed E-state index contributed by atoms with van der Waals surface area (Å²) >= 11 is 1.70. The van der Waals surface area contributed by atoms with Gasteiger partial charge < -0.3 is 15.1 Å². The molecule has 0 aliphatic heterocycles. The molecule has 0 radical (unpaired) electrons. The third kappa shape index (κ3) is 7.24. The number of aryl methyl sites for hydroxylation is 1. The third-order valence-electron chi connectivity index (χ3n) is 5.61. The van der Waals surface area contributed by atoms with Crippen LogP contribution >= 0.6 is 11.3 Å². The minimum absolute atomic E-state index is 0.0434. The standard InChI is InChI=1S/C25H33N3O2S/c1-3-16-27(25(30)26-22-12-8-5-9-13-22)19-24(29)28(17-21-10-6-4-7-11-21)18-23-15-14-20(2)31-23/h3-4,6-7,10-11,14-15,22H,1,5,8-9,12-13,16-19H2,2H3,(H,26,30). The van der Waals surface area contributed by atoms with E-state index in [2.05, 4.69) is 31.0 Å². The van der Waals surface area contributed by atoms with Crippen LogP contribution in [0.2, 0.25) is 0 Å². The summed E-state index contributed by atoms with van der Waals surface area (Å²) in [6.07, 6.45) is 7.24. The fourth-order valence-corrected chi connectivity index (χ4v) is 4.85. The fraction of sp³-hybridized carbons (Fsp3) is 0.440. The van der Waals surface area contributed by atoms with Crippen molar-refractivity contribution in [2.75, 3.05) is 13.1 Å². The van der Waals surface area contributed by atoms with Gasteiger partial charge in [0.2, 0.25) is 5.91 Å². The first-order chi connectivity index (χ1) is 15.0. The van der Waals surface area contributed by atoms with Gasteiger partial charge in [0.15, 0.2) is 0 Å². The first kappa shape index (κ1) is 23.1. The van der Waals surface area contributed by atoms with Crippen LogP contribution in [-0.4, -0.2) is 40.9 Å². The number of thiophene rings is 1. The van der Waals surface area contributed by atoms with Gasteiger partial charge in [-0.15, -0.1) is 17.9 Å². The van der Waals surface area contributed by atoms with Gasteiger partial charge in [0.25, 0.3) is 0 Å². The monoisotopic (exact) mass is 439 g/mol. The van der Waals surface area contributed by atoms with Crippen LogP contribution in [-0.2, 0) is 17.9 Å². The minimum Gasteiger partial charge on any atom is -0.335 e. The molecule has 1 heterocycles. The Hall–Kier alpha value is -2.60. The van der Waals surface area contributed by atoms with Crippen LogP contribution in [0, 0.1) is 6.92 Å². The normalized spacial score (nSPS) is 14.1. The van der Waals surface area contributed by atoms with E-state index in [1.165, 1.54) is 11.3 Å². The maximum absolute atomic E-state index is 13.3. The van der Waals surface area contributed by atoms with Crippen LogP contribution in [0.4, 0.5) is 4.79 Å². The van der Waals surface area contributed by atoms with E-state index in [9.17, 15) is 9.59 Å². The van der Waals surface area contributed by atoms with E-state index >= 15 is 0 Å². The lowest BCUT2D eigenvalue weighted by Crippen LogP contribution is -2.49. The third-order valence-corrected chi connectivity index (χ3v) is 6.59. The maximum atomic E-state index is 13.3. The summed E-state index contributed by atoms with van der Waals surface area (Å²) in [6, 6.07) is 14.2. The summed E-state index contributed by atoms with van der Waals surface area (Å²) in [5.41, 5.74) is 1.08. The SMILES string of the molecule is C=CCN(CC(=O)N(Cc1ccccc1)Cc1ccc(C)s1)C(=O)NC1CCCCC1. The first-order valence-electron chi connectivity index (χ1n) is 11.1. The number of hydrogen-bond donors (Lipinski definition) is 1. The number of hydrogen-bond acceptors (Lipinski definition) is 3. The molecule has 166 valence electrons. The Morgan fingerprint density at radius 1 is 1.06 bits per heavy atom. The Kier molecular flexibility index (Phi) is 8.71. The lowest BCUT2D eigenvalue weighted by atomic mass is 9.96. The molecule has 31 heavy (non-hydrogen) atoms. The van der Waals surface area contributed by atoms with Gasteiger partial charge in [0.05, 0.1) is 6.54 Å². The van der Waals surface area contributed by atoms with Crippen LogP contribution < -0.4 is 5.32 Å². The molecule has 2 aromatic rings. The lowest BCUT2D eigenvalue weighted by Gasteiger charge is -2.29. The Balaban J connectivity index is 1.69. The highest BCUT2D eigenvalue weighted by Crippen LogP contribution is 2.20. The summed E-state index contributed by atoms with van der Waals surface area (Å²) in [5.74, 6) is -0.0597. The molecule has 1 aromatic carbocycles. The second-order valence-electron chi connectivity index (χ2n) is 8.20. The zero-order valence-electron chi connectivity index (χ0n) is 18.4. The predicted molar refractivity (Wildman–Crippen MR) is 127 cm³/mol. The molecule has 1 saturated carbocycles. The molecule has 1 N–H and O–H groups in total. The smallest absolute Gasteiger partial charge is 0.318 e. The molecule has 0 saturated heterocycles. The van der Waals surface area contributed by atoms with Crippen LogP contribution in [0.25, 0.3) is 0 Å². The van der Waals surface area contributed by atoms with E-state index in [1.807, 2.05) is 35.2 Å². The summed E-state index contributed by atoms with van der Waals surface area (Å²) in [7, 11) is 0. The van der Waals surface area contributed by atoms with Gasteiger partial charge in [0, 0.05) is 28.9 Å². The summed E-state index contributed by atoms with van der Waals surface area (Å²) in [4.78, 5) is 32.0. The van der Waals surface area contributed by atoms with Crippen LogP contribution in [0.15, 0.2) is 55.1 Å². The lowest BCUT2D eigenvalue weighted by molar-refractivity contribution is -0.133. The van der Waals surface area contributed by atoms with Gasteiger partial charge in [-0.3, -0.25) is 4.79 Å². The molecule has 6 heteroatoms. The molecule has 3 amide bonds. The van der Waals surface area contributed by atoms with E-state index in [-0.39, 0.29) is 24.5 Å². The van der Waals surface area contributed by atoms with Gasteiger partial charge in [-0.2, -0.15) is 0 Å². The van der Waals surface area contributed by atoms with E-state index in [0.717, 1.165) is 36.1 Å². The van der Waals surface area contributed by atoms with E-state index in [1.54, 1.807) is 22.3 Å². The van der Waals surface area contributed by atoms with E-state index in [4.69, 9.17) is 0 Å². The molecule has 0 unspecified atom stereocenters. The molecule has 0 bridgehead atoms. The number of urea groups is 1. The summed E-state index contributed by atoms with van der Waals surface area (Å²) in [6.45, 7) is 7.29. The quantitative estimate of drug-likeness (QED) is 0.552. The average Bonchev–Trinajstić information content (AvgIpc) is 3.19. The zero-order chi connectivity index (χ0) is 22.1. The number of nitrogens with zero attached hydrogens (tertiary/aromatic N) is 2. The van der Waals surface area contributed by atoms with Crippen LogP contribution in [0.5, 0.6) is 0 Å². The van der Waals surface area contributed by atoms with Crippen molar-refractivity contribution in [1.29, 1.82) is 0 Å². The molecule has 0 atom stereocenters. The van der Waals surface area contributed by atoms with Crippen molar-refractivity contribution in [3.05, 3.63) is 70.4 Å². The zero-order valence-corrected chi connectivity index (χ0v) is 19.2. The second kappa shape index (κ2) is 11.7. The molecule has 0 spiro atoms. The van der Waals surface area contributed by atoms with Crippen molar-refractivity contribution < 1.29 is 9.59 Å². The van der Waals surface area contributed by atoms with Crippen molar-refractivity contribution in [1.82, 2.24) is 15.1 Å². The van der Waals surface area contributed by atoms with Gasteiger partial charge in [-0.05, 0) is 37.5 Å².